The molecule has 0 aliphatic carbocycles. The molecule has 1 heterocycles. The molecule has 0 N–H and O–H groups in total. The zero-order valence-corrected chi connectivity index (χ0v) is 12.2. The smallest absolute Gasteiger partial charge is 0.129 e. The van der Waals surface area contributed by atoms with Gasteiger partial charge in [-0.3, -0.25) is 4.57 Å². The van der Waals surface area contributed by atoms with Gasteiger partial charge in [0.15, 0.2) is 0 Å². The lowest BCUT2D eigenvalue weighted by Crippen LogP contribution is -2.02. The number of rotatable bonds is 2. The Morgan fingerprint density at radius 2 is 2.05 bits per heavy atom. The Morgan fingerprint density at radius 1 is 1.24 bits per heavy atom. The van der Waals surface area contributed by atoms with Crippen molar-refractivity contribution in [1.82, 2.24) is 9.55 Å². The summed E-state index contributed by atoms with van der Waals surface area (Å²) in [5, 5.41) is 9.78. The molecule has 0 unspecified atom stereocenters. The maximum absolute atomic E-state index is 13.3. The van der Waals surface area contributed by atoms with Crippen molar-refractivity contribution in [1.29, 1.82) is 5.26 Å². The average molecular weight is 320 g/mol. The lowest BCUT2D eigenvalue weighted by Gasteiger charge is -2.09. The molecule has 104 valence electrons. The van der Waals surface area contributed by atoms with E-state index in [0.29, 0.717) is 22.1 Å². The third-order valence-corrected chi connectivity index (χ3v) is 3.60. The molecule has 6 heteroatoms. The first kappa shape index (κ1) is 13.9. The summed E-state index contributed by atoms with van der Waals surface area (Å²) in [6.45, 7) is 0. The first-order valence-corrected chi connectivity index (χ1v) is 6.98. The van der Waals surface area contributed by atoms with Crippen LogP contribution in [0.2, 0.25) is 5.02 Å². The highest BCUT2D eigenvalue weighted by molar-refractivity contribution is 6.31. The number of hydrogen-bond acceptors (Lipinski definition) is 2. The molecular formula is C15H8Cl2FN3. The fourth-order valence-corrected chi connectivity index (χ4v) is 2.60. The molecule has 2 aromatic carbocycles. The van der Waals surface area contributed by atoms with Gasteiger partial charge in [-0.1, -0.05) is 11.6 Å². The zero-order chi connectivity index (χ0) is 15.0. The summed E-state index contributed by atoms with van der Waals surface area (Å²) >= 11 is 11.9. The van der Waals surface area contributed by atoms with Gasteiger partial charge in [0.05, 0.1) is 28.2 Å². The summed E-state index contributed by atoms with van der Waals surface area (Å²) in [5.74, 6) is 0.265. The normalized spacial score (nSPS) is 10.8. The van der Waals surface area contributed by atoms with E-state index in [1.165, 1.54) is 12.1 Å². The number of benzene rings is 2. The van der Waals surface area contributed by atoms with Crippen molar-refractivity contribution >= 4 is 34.2 Å². The number of alkyl halides is 1. The van der Waals surface area contributed by atoms with Crippen LogP contribution in [-0.2, 0) is 5.88 Å². The van der Waals surface area contributed by atoms with Crippen molar-refractivity contribution in [3.05, 3.63) is 58.6 Å². The summed E-state index contributed by atoms with van der Waals surface area (Å²) in [6.07, 6.45) is 0. The Morgan fingerprint density at radius 3 is 2.76 bits per heavy atom. The first-order chi connectivity index (χ1) is 10.1. The number of hydrogen-bond donors (Lipinski definition) is 0. The SMILES string of the molecule is N#Cc1cc(F)ccc1-n1c(CCl)nc2cc(Cl)ccc21. The average Bonchev–Trinajstić information content (AvgIpc) is 2.84. The highest BCUT2D eigenvalue weighted by Gasteiger charge is 2.15. The molecule has 0 fully saturated rings. The number of aromatic nitrogens is 2. The van der Waals surface area contributed by atoms with Crippen LogP contribution in [0.1, 0.15) is 11.4 Å². The minimum atomic E-state index is -0.463. The van der Waals surface area contributed by atoms with Gasteiger partial charge in [-0.2, -0.15) is 5.26 Å². The van der Waals surface area contributed by atoms with Gasteiger partial charge in [-0.25, -0.2) is 9.37 Å². The quantitative estimate of drug-likeness (QED) is 0.656. The van der Waals surface area contributed by atoms with E-state index < -0.39 is 5.82 Å². The van der Waals surface area contributed by atoms with E-state index in [-0.39, 0.29) is 11.4 Å². The second kappa shape index (κ2) is 5.36. The maximum atomic E-state index is 13.3. The van der Waals surface area contributed by atoms with Gasteiger partial charge in [0.2, 0.25) is 0 Å². The van der Waals surface area contributed by atoms with E-state index in [4.69, 9.17) is 23.2 Å². The molecule has 0 spiro atoms. The Bertz CT molecular complexity index is 880. The number of nitriles is 1. The van der Waals surface area contributed by atoms with E-state index >= 15 is 0 Å². The minimum Gasteiger partial charge on any atom is -0.294 e. The molecule has 0 saturated carbocycles. The van der Waals surface area contributed by atoms with Gasteiger partial charge < -0.3 is 0 Å². The van der Waals surface area contributed by atoms with Crippen molar-refractivity contribution in [3.8, 4) is 11.8 Å². The van der Waals surface area contributed by atoms with Gasteiger partial charge >= 0.3 is 0 Å². The molecule has 3 aromatic rings. The third kappa shape index (κ3) is 2.35. The van der Waals surface area contributed by atoms with Gasteiger partial charge in [0.1, 0.15) is 17.7 Å². The predicted molar refractivity (Wildman–Crippen MR) is 80.3 cm³/mol. The lowest BCUT2D eigenvalue weighted by molar-refractivity contribution is 0.627. The Labute approximate surface area is 130 Å². The van der Waals surface area contributed by atoms with Crippen LogP contribution in [0.15, 0.2) is 36.4 Å². The molecule has 3 rings (SSSR count). The molecule has 0 bridgehead atoms. The molecule has 0 saturated heterocycles. The Kier molecular flexibility index (Phi) is 3.54. The molecule has 0 radical (unpaired) electrons. The summed E-state index contributed by atoms with van der Waals surface area (Å²) in [4.78, 5) is 4.41. The van der Waals surface area contributed by atoms with Crippen LogP contribution in [0.5, 0.6) is 0 Å². The van der Waals surface area contributed by atoms with Crippen LogP contribution in [0.3, 0.4) is 0 Å². The van der Waals surface area contributed by atoms with E-state index in [2.05, 4.69) is 4.98 Å². The van der Waals surface area contributed by atoms with Crippen molar-refractivity contribution in [3.63, 3.8) is 0 Å². The largest absolute Gasteiger partial charge is 0.294 e. The number of nitrogens with zero attached hydrogens (tertiary/aromatic N) is 3. The van der Waals surface area contributed by atoms with Crippen molar-refractivity contribution in [2.24, 2.45) is 0 Å². The van der Waals surface area contributed by atoms with Crippen LogP contribution in [0.25, 0.3) is 16.7 Å². The fraction of sp³-hybridized carbons (Fsp3) is 0.0667. The molecule has 3 nitrogen and oxygen atoms in total. The van der Waals surface area contributed by atoms with Crippen LogP contribution in [0.4, 0.5) is 4.39 Å². The molecule has 21 heavy (non-hydrogen) atoms. The van der Waals surface area contributed by atoms with Crippen molar-refractivity contribution < 1.29 is 4.39 Å². The molecule has 0 aliphatic rings. The summed E-state index contributed by atoms with van der Waals surface area (Å²) in [5.41, 5.74) is 2.19. The topological polar surface area (TPSA) is 41.6 Å². The molecular weight excluding hydrogens is 312 g/mol. The monoisotopic (exact) mass is 319 g/mol. The second-order valence-corrected chi connectivity index (χ2v) is 5.11. The molecule has 1 aromatic heterocycles. The predicted octanol–water partition coefficient (Wildman–Crippen LogP) is 4.43. The Balaban J connectivity index is 2.37. The van der Waals surface area contributed by atoms with Gasteiger partial charge in [0.25, 0.3) is 0 Å². The highest BCUT2D eigenvalue weighted by Crippen LogP contribution is 2.27. The zero-order valence-electron chi connectivity index (χ0n) is 10.6. The van der Waals surface area contributed by atoms with Crippen LogP contribution < -0.4 is 0 Å². The molecule has 0 atom stereocenters. The fourth-order valence-electron chi connectivity index (χ4n) is 2.25. The first-order valence-electron chi connectivity index (χ1n) is 6.07. The number of halogens is 3. The Hall–Kier alpha value is -2.09. The van der Waals surface area contributed by atoms with Crippen LogP contribution in [-0.4, -0.2) is 9.55 Å². The summed E-state index contributed by atoms with van der Waals surface area (Å²) in [6, 6.07) is 11.3. The lowest BCUT2D eigenvalue weighted by atomic mass is 10.2. The summed E-state index contributed by atoms with van der Waals surface area (Å²) < 4.78 is 15.1. The van der Waals surface area contributed by atoms with Crippen molar-refractivity contribution in [2.75, 3.05) is 0 Å². The molecule has 0 aliphatic heterocycles. The number of fused-ring (bicyclic) bond motifs is 1. The van der Waals surface area contributed by atoms with E-state index in [9.17, 15) is 9.65 Å². The van der Waals surface area contributed by atoms with Gasteiger partial charge in [-0.05, 0) is 36.4 Å². The van der Waals surface area contributed by atoms with Crippen LogP contribution >= 0.6 is 23.2 Å². The summed E-state index contributed by atoms with van der Waals surface area (Å²) in [7, 11) is 0. The van der Waals surface area contributed by atoms with Crippen LogP contribution in [0, 0.1) is 17.1 Å². The third-order valence-electron chi connectivity index (χ3n) is 3.13. The van der Waals surface area contributed by atoms with Crippen molar-refractivity contribution in [2.45, 2.75) is 5.88 Å². The van der Waals surface area contributed by atoms with E-state index in [0.717, 1.165) is 5.52 Å². The number of imidazole rings is 1. The second-order valence-electron chi connectivity index (χ2n) is 4.40. The maximum Gasteiger partial charge on any atom is 0.129 e. The van der Waals surface area contributed by atoms with E-state index in [1.54, 1.807) is 28.8 Å². The minimum absolute atomic E-state index is 0.161. The van der Waals surface area contributed by atoms with Gasteiger partial charge in [-0.15, -0.1) is 11.6 Å². The van der Waals surface area contributed by atoms with E-state index in [1.807, 2.05) is 6.07 Å². The standard InChI is InChI=1S/C15H8Cl2FN3/c16-7-15-20-12-6-10(17)1-3-14(12)21(15)13-4-2-11(18)5-9(13)8-19/h1-6H,7H2. The van der Waals surface area contributed by atoms with Gasteiger partial charge in [0, 0.05) is 5.02 Å². The highest BCUT2D eigenvalue weighted by atomic mass is 35.5. The molecule has 0 amide bonds.